The van der Waals surface area contributed by atoms with Crippen LogP contribution in [0.15, 0.2) is 42.6 Å². The standard InChI is InChI=1S/C20H26N4O2/c1-16-4-3-5-17(14-16)23-9-11-24(12-10-23)18-6-7-19(22-15-18)20(25)21-8-13-26-2/h3-7,14-15H,8-13H2,1-2H3,(H,21,25). The summed E-state index contributed by atoms with van der Waals surface area (Å²) in [6.07, 6.45) is 1.79. The van der Waals surface area contributed by atoms with E-state index in [4.69, 9.17) is 4.74 Å². The van der Waals surface area contributed by atoms with Gasteiger partial charge >= 0.3 is 0 Å². The number of benzene rings is 1. The third-order valence-corrected chi connectivity index (χ3v) is 4.58. The largest absolute Gasteiger partial charge is 0.383 e. The van der Waals surface area contributed by atoms with E-state index in [1.807, 2.05) is 6.07 Å². The van der Waals surface area contributed by atoms with Crippen molar-refractivity contribution in [1.29, 1.82) is 0 Å². The molecule has 0 radical (unpaired) electrons. The third-order valence-electron chi connectivity index (χ3n) is 4.58. The zero-order valence-corrected chi connectivity index (χ0v) is 15.4. The summed E-state index contributed by atoms with van der Waals surface area (Å²) >= 11 is 0. The Hall–Kier alpha value is -2.60. The number of carbonyl (C=O) groups is 1. The van der Waals surface area contributed by atoms with E-state index in [1.54, 1.807) is 19.4 Å². The molecule has 1 aromatic carbocycles. The van der Waals surface area contributed by atoms with Crippen molar-refractivity contribution in [2.75, 3.05) is 56.2 Å². The number of nitrogens with zero attached hydrogens (tertiary/aromatic N) is 3. The van der Waals surface area contributed by atoms with Gasteiger partial charge in [0.2, 0.25) is 0 Å². The number of piperazine rings is 1. The van der Waals surface area contributed by atoms with E-state index in [0.29, 0.717) is 18.8 Å². The van der Waals surface area contributed by atoms with Crippen molar-refractivity contribution in [3.63, 3.8) is 0 Å². The minimum absolute atomic E-state index is 0.169. The predicted molar refractivity (Wildman–Crippen MR) is 104 cm³/mol. The molecule has 1 saturated heterocycles. The molecule has 6 heteroatoms. The Labute approximate surface area is 154 Å². The Morgan fingerprint density at radius 3 is 2.46 bits per heavy atom. The topological polar surface area (TPSA) is 57.7 Å². The van der Waals surface area contributed by atoms with Crippen LogP contribution in [0.3, 0.4) is 0 Å². The first-order valence-electron chi connectivity index (χ1n) is 8.97. The molecule has 0 spiro atoms. The maximum Gasteiger partial charge on any atom is 0.269 e. The Kier molecular flexibility index (Phi) is 6.07. The highest BCUT2D eigenvalue weighted by Crippen LogP contribution is 2.21. The van der Waals surface area contributed by atoms with Gasteiger partial charge in [0.05, 0.1) is 18.5 Å². The van der Waals surface area contributed by atoms with Gasteiger partial charge in [0, 0.05) is 45.5 Å². The molecular weight excluding hydrogens is 328 g/mol. The van der Waals surface area contributed by atoms with Crippen LogP contribution in [-0.2, 0) is 4.74 Å². The van der Waals surface area contributed by atoms with E-state index in [9.17, 15) is 4.79 Å². The molecule has 0 aliphatic carbocycles. The minimum atomic E-state index is -0.169. The van der Waals surface area contributed by atoms with Gasteiger partial charge in [-0.15, -0.1) is 0 Å². The summed E-state index contributed by atoms with van der Waals surface area (Å²) in [5.41, 5.74) is 4.06. The first kappa shape index (κ1) is 18.2. The summed E-state index contributed by atoms with van der Waals surface area (Å²) < 4.78 is 4.93. The summed E-state index contributed by atoms with van der Waals surface area (Å²) in [5.74, 6) is -0.169. The van der Waals surface area contributed by atoms with Crippen LogP contribution in [0.1, 0.15) is 16.1 Å². The second-order valence-corrected chi connectivity index (χ2v) is 6.46. The van der Waals surface area contributed by atoms with Gasteiger partial charge in [-0.3, -0.25) is 4.79 Å². The fourth-order valence-electron chi connectivity index (χ4n) is 3.11. The number of methoxy groups -OCH3 is 1. The van der Waals surface area contributed by atoms with Gasteiger partial charge in [-0.25, -0.2) is 4.98 Å². The number of nitrogens with one attached hydrogen (secondary N) is 1. The van der Waals surface area contributed by atoms with Gasteiger partial charge in [0.25, 0.3) is 5.91 Å². The number of ether oxygens (including phenoxy) is 1. The number of rotatable bonds is 6. The SMILES string of the molecule is COCCNC(=O)c1ccc(N2CCN(c3cccc(C)c3)CC2)cn1. The van der Waals surface area contributed by atoms with E-state index in [0.717, 1.165) is 31.9 Å². The number of hydrogen-bond acceptors (Lipinski definition) is 5. The average Bonchev–Trinajstić information content (AvgIpc) is 2.68. The number of amides is 1. The van der Waals surface area contributed by atoms with Crippen LogP contribution >= 0.6 is 0 Å². The van der Waals surface area contributed by atoms with E-state index in [1.165, 1.54) is 11.3 Å². The minimum Gasteiger partial charge on any atom is -0.383 e. The first-order chi connectivity index (χ1) is 12.7. The van der Waals surface area contributed by atoms with E-state index >= 15 is 0 Å². The van der Waals surface area contributed by atoms with Gasteiger partial charge in [-0.05, 0) is 36.8 Å². The maximum absolute atomic E-state index is 12.0. The van der Waals surface area contributed by atoms with E-state index in [2.05, 4.69) is 51.3 Å². The fraction of sp³-hybridized carbons (Fsp3) is 0.400. The zero-order valence-electron chi connectivity index (χ0n) is 15.4. The van der Waals surface area contributed by atoms with Gasteiger partial charge in [0.15, 0.2) is 0 Å². The van der Waals surface area contributed by atoms with Crippen molar-refractivity contribution in [2.24, 2.45) is 0 Å². The van der Waals surface area contributed by atoms with Crippen molar-refractivity contribution in [3.8, 4) is 0 Å². The highest BCUT2D eigenvalue weighted by molar-refractivity contribution is 5.92. The first-order valence-corrected chi connectivity index (χ1v) is 8.97. The van der Waals surface area contributed by atoms with Crippen molar-refractivity contribution in [1.82, 2.24) is 10.3 Å². The van der Waals surface area contributed by atoms with Gasteiger partial charge in [0.1, 0.15) is 5.69 Å². The molecule has 1 aliphatic heterocycles. The van der Waals surface area contributed by atoms with Crippen LogP contribution in [0, 0.1) is 6.92 Å². The van der Waals surface area contributed by atoms with Crippen molar-refractivity contribution in [3.05, 3.63) is 53.9 Å². The van der Waals surface area contributed by atoms with Crippen molar-refractivity contribution >= 4 is 17.3 Å². The highest BCUT2D eigenvalue weighted by Gasteiger charge is 2.18. The summed E-state index contributed by atoms with van der Waals surface area (Å²) in [4.78, 5) is 21.0. The van der Waals surface area contributed by atoms with E-state index in [-0.39, 0.29) is 5.91 Å². The highest BCUT2D eigenvalue weighted by atomic mass is 16.5. The Morgan fingerprint density at radius 2 is 1.85 bits per heavy atom. The molecule has 1 aromatic heterocycles. The summed E-state index contributed by atoms with van der Waals surface area (Å²) in [6.45, 7) is 6.93. The number of aromatic nitrogens is 1. The van der Waals surface area contributed by atoms with Gasteiger partial charge in [-0.2, -0.15) is 0 Å². The lowest BCUT2D eigenvalue weighted by molar-refractivity contribution is 0.0932. The Balaban J connectivity index is 1.55. The molecule has 138 valence electrons. The molecule has 0 bridgehead atoms. The van der Waals surface area contributed by atoms with Gasteiger partial charge < -0.3 is 19.9 Å². The smallest absolute Gasteiger partial charge is 0.269 e. The average molecular weight is 354 g/mol. The predicted octanol–water partition coefficient (Wildman–Crippen LogP) is 2.09. The molecule has 1 amide bonds. The quantitative estimate of drug-likeness (QED) is 0.805. The number of aryl methyl sites for hydroxylation is 1. The molecule has 1 N–H and O–H groups in total. The summed E-state index contributed by atoms with van der Waals surface area (Å²) in [5, 5.41) is 2.78. The molecule has 2 aromatic rings. The fourth-order valence-corrected chi connectivity index (χ4v) is 3.11. The van der Waals surface area contributed by atoms with Crippen molar-refractivity contribution in [2.45, 2.75) is 6.92 Å². The normalized spacial score (nSPS) is 14.4. The van der Waals surface area contributed by atoms with Crippen LogP contribution in [0.25, 0.3) is 0 Å². The second-order valence-electron chi connectivity index (χ2n) is 6.46. The third kappa shape index (κ3) is 4.52. The molecule has 2 heterocycles. The molecular formula is C20H26N4O2. The van der Waals surface area contributed by atoms with Crippen LogP contribution in [0.2, 0.25) is 0 Å². The molecule has 1 aliphatic rings. The monoisotopic (exact) mass is 354 g/mol. The van der Waals surface area contributed by atoms with Crippen LogP contribution in [0.5, 0.6) is 0 Å². The van der Waals surface area contributed by atoms with E-state index < -0.39 is 0 Å². The number of hydrogen-bond donors (Lipinski definition) is 1. The maximum atomic E-state index is 12.0. The molecule has 1 fully saturated rings. The summed E-state index contributed by atoms with van der Waals surface area (Å²) in [6, 6.07) is 12.4. The molecule has 6 nitrogen and oxygen atoms in total. The lowest BCUT2D eigenvalue weighted by Gasteiger charge is -2.37. The molecule has 0 atom stereocenters. The zero-order chi connectivity index (χ0) is 18.4. The molecule has 0 saturated carbocycles. The lowest BCUT2D eigenvalue weighted by Crippen LogP contribution is -2.46. The number of carbonyl (C=O) groups excluding carboxylic acids is 1. The van der Waals surface area contributed by atoms with Gasteiger partial charge in [-0.1, -0.05) is 12.1 Å². The van der Waals surface area contributed by atoms with Crippen LogP contribution in [0.4, 0.5) is 11.4 Å². The Morgan fingerprint density at radius 1 is 1.12 bits per heavy atom. The molecule has 3 rings (SSSR count). The number of anilines is 2. The van der Waals surface area contributed by atoms with Crippen LogP contribution in [-0.4, -0.2) is 57.3 Å². The molecule has 26 heavy (non-hydrogen) atoms. The van der Waals surface area contributed by atoms with Crippen LogP contribution < -0.4 is 15.1 Å². The number of pyridine rings is 1. The molecule has 0 unspecified atom stereocenters. The Bertz CT molecular complexity index is 725. The second kappa shape index (κ2) is 8.67. The summed E-state index contributed by atoms with van der Waals surface area (Å²) in [7, 11) is 1.61. The van der Waals surface area contributed by atoms with Crippen molar-refractivity contribution < 1.29 is 9.53 Å². The lowest BCUT2D eigenvalue weighted by atomic mass is 10.2.